The van der Waals surface area contributed by atoms with Gasteiger partial charge in [-0.1, -0.05) is 37.2 Å². The molecule has 2 aromatic carbocycles. The molecule has 1 amide bonds. The summed E-state index contributed by atoms with van der Waals surface area (Å²) in [6.07, 6.45) is 1.91. The second-order valence-corrected chi connectivity index (χ2v) is 7.88. The highest BCUT2D eigenvalue weighted by Gasteiger charge is 2.18. The first-order valence-corrected chi connectivity index (χ1v) is 11.1. The number of rotatable bonds is 9. The summed E-state index contributed by atoms with van der Waals surface area (Å²) in [4.78, 5) is 32.0. The van der Waals surface area contributed by atoms with E-state index in [9.17, 15) is 14.0 Å². The van der Waals surface area contributed by atoms with Crippen LogP contribution in [0.1, 0.15) is 26.2 Å². The molecule has 0 bridgehead atoms. The Hall–Kier alpha value is -3.18. The van der Waals surface area contributed by atoms with Gasteiger partial charge in [0.2, 0.25) is 5.91 Å². The van der Waals surface area contributed by atoms with Gasteiger partial charge in [0, 0.05) is 18.8 Å². The standard InChI is InChI=1S/C23H23FN4O2S/c1-2-3-14-28-22(30)19-7-4-5-8-20(19)26-23(28)31-16-21(29)27(15-6-13-25)18-11-9-17(24)10-12-18/h4-5,7-12H,2-3,6,14-16H2,1H3. The van der Waals surface area contributed by atoms with Crippen molar-refractivity contribution in [3.63, 3.8) is 0 Å². The summed E-state index contributed by atoms with van der Waals surface area (Å²) in [6.45, 7) is 2.78. The van der Waals surface area contributed by atoms with Crippen LogP contribution in [0.25, 0.3) is 10.9 Å². The molecule has 8 heteroatoms. The number of hydrogen-bond acceptors (Lipinski definition) is 5. The van der Waals surface area contributed by atoms with Crippen molar-refractivity contribution in [3.8, 4) is 6.07 Å². The number of carbonyl (C=O) groups is 1. The van der Waals surface area contributed by atoms with Crippen LogP contribution < -0.4 is 10.5 Å². The minimum atomic E-state index is -0.397. The lowest BCUT2D eigenvalue weighted by Crippen LogP contribution is -2.33. The fourth-order valence-corrected chi connectivity index (χ4v) is 4.06. The molecule has 0 aliphatic rings. The van der Waals surface area contributed by atoms with Crippen LogP contribution in [0.5, 0.6) is 0 Å². The second kappa shape index (κ2) is 10.7. The third-order valence-corrected chi connectivity index (χ3v) is 5.73. The summed E-state index contributed by atoms with van der Waals surface area (Å²) in [5, 5.41) is 9.99. The van der Waals surface area contributed by atoms with Crippen molar-refractivity contribution in [2.24, 2.45) is 0 Å². The molecule has 0 saturated heterocycles. The summed E-state index contributed by atoms with van der Waals surface area (Å²) in [6, 6.07) is 14.8. The summed E-state index contributed by atoms with van der Waals surface area (Å²) < 4.78 is 14.9. The van der Waals surface area contributed by atoms with Crippen molar-refractivity contribution in [2.75, 3.05) is 17.2 Å². The van der Waals surface area contributed by atoms with Gasteiger partial charge in [-0.2, -0.15) is 5.26 Å². The lowest BCUT2D eigenvalue weighted by molar-refractivity contribution is -0.116. The van der Waals surface area contributed by atoms with E-state index in [2.05, 4.69) is 4.98 Å². The quantitative estimate of drug-likeness (QED) is 0.366. The summed E-state index contributed by atoms with van der Waals surface area (Å²) in [5.74, 6) is -0.595. The number of nitriles is 1. The Morgan fingerprint density at radius 2 is 1.97 bits per heavy atom. The number of fused-ring (bicyclic) bond motifs is 1. The molecule has 0 atom stereocenters. The Balaban J connectivity index is 1.86. The molecular formula is C23H23FN4O2S. The predicted octanol–water partition coefficient (Wildman–Crippen LogP) is 4.37. The fourth-order valence-electron chi connectivity index (χ4n) is 3.16. The van der Waals surface area contributed by atoms with Crippen molar-refractivity contribution in [1.29, 1.82) is 5.26 Å². The van der Waals surface area contributed by atoms with Crippen LogP contribution in [0.15, 0.2) is 58.5 Å². The van der Waals surface area contributed by atoms with E-state index in [1.54, 1.807) is 16.7 Å². The largest absolute Gasteiger partial charge is 0.311 e. The van der Waals surface area contributed by atoms with Crippen molar-refractivity contribution in [2.45, 2.75) is 37.9 Å². The van der Waals surface area contributed by atoms with E-state index < -0.39 is 5.82 Å². The van der Waals surface area contributed by atoms with Gasteiger partial charge in [0.25, 0.3) is 5.56 Å². The van der Waals surface area contributed by atoms with Crippen molar-refractivity contribution >= 4 is 34.3 Å². The Labute approximate surface area is 184 Å². The number of halogens is 1. The van der Waals surface area contributed by atoms with Crippen LogP contribution in [0.3, 0.4) is 0 Å². The molecule has 0 unspecified atom stereocenters. The summed E-state index contributed by atoms with van der Waals surface area (Å²) in [5.41, 5.74) is 1.00. The topological polar surface area (TPSA) is 79.0 Å². The normalized spacial score (nSPS) is 10.7. The third kappa shape index (κ3) is 5.50. The molecule has 3 rings (SSSR count). The molecule has 160 valence electrons. The Morgan fingerprint density at radius 3 is 2.68 bits per heavy atom. The van der Waals surface area contributed by atoms with Crippen LogP contribution in [-0.2, 0) is 11.3 Å². The molecule has 0 aliphatic heterocycles. The lowest BCUT2D eigenvalue weighted by atomic mass is 10.2. The number of anilines is 1. The highest BCUT2D eigenvalue weighted by atomic mass is 32.2. The zero-order chi connectivity index (χ0) is 22.2. The maximum atomic E-state index is 13.3. The highest BCUT2D eigenvalue weighted by Crippen LogP contribution is 2.21. The first kappa shape index (κ1) is 22.5. The molecule has 3 aromatic rings. The number of nitrogens with zero attached hydrogens (tertiary/aromatic N) is 4. The molecule has 0 aliphatic carbocycles. The zero-order valence-corrected chi connectivity index (χ0v) is 18.1. The summed E-state index contributed by atoms with van der Waals surface area (Å²) in [7, 11) is 0. The Bertz CT molecular complexity index is 1150. The Morgan fingerprint density at radius 1 is 1.23 bits per heavy atom. The van der Waals surface area contributed by atoms with Crippen molar-refractivity contribution < 1.29 is 9.18 Å². The average molecular weight is 439 g/mol. The number of para-hydroxylation sites is 1. The van der Waals surface area contributed by atoms with Gasteiger partial charge in [0.05, 0.1) is 29.1 Å². The van der Waals surface area contributed by atoms with E-state index in [0.29, 0.717) is 28.3 Å². The molecular weight excluding hydrogens is 415 g/mol. The van der Waals surface area contributed by atoms with Crippen molar-refractivity contribution in [1.82, 2.24) is 9.55 Å². The molecule has 0 saturated carbocycles. The van der Waals surface area contributed by atoms with Gasteiger partial charge in [-0.3, -0.25) is 14.2 Å². The molecule has 31 heavy (non-hydrogen) atoms. The predicted molar refractivity (Wildman–Crippen MR) is 121 cm³/mol. The highest BCUT2D eigenvalue weighted by molar-refractivity contribution is 7.99. The van der Waals surface area contributed by atoms with E-state index in [1.165, 1.54) is 40.9 Å². The van der Waals surface area contributed by atoms with Crippen LogP contribution in [0.2, 0.25) is 0 Å². The van der Waals surface area contributed by atoms with Gasteiger partial charge >= 0.3 is 0 Å². The minimum absolute atomic E-state index is 0.0414. The monoisotopic (exact) mass is 438 g/mol. The lowest BCUT2D eigenvalue weighted by Gasteiger charge is -2.22. The maximum Gasteiger partial charge on any atom is 0.262 e. The molecule has 1 aromatic heterocycles. The van der Waals surface area contributed by atoms with E-state index in [-0.39, 0.29) is 30.2 Å². The van der Waals surface area contributed by atoms with E-state index in [4.69, 9.17) is 5.26 Å². The maximum absolute atomic E-state index is 13.3. The number of carbonyl (C=O) groups excluding carboxylic acids is 1. The number of hydrogen-bond donors (Lipinski definition) is 0. The number of aromatic nitrogens is 2. The van der Waals surface area contributed by atoms with Crippen LogP contribution >= 0.6 is 11.8 Å². The molecule has 0 spiro atoms. The van der Waals surface area contributed by atoms with E-state index in [0.717, 1.165) is 12.8 Å². The minimum Gasteiger partial charge on any atom is -0.311 e. The van der Waals surface area contributed by atoms with Gasteiger partial charge in [-0.15, -0.1) is 0 Å². The molecule has 0 fully saturated rings. The van der Waals surface area contributed by atoms with Crippen molar-refractivity contribution in [3.05, 3.63) is 64.7 Å². The smallest absolute Gasteiger partial charge is 0.262 e. The fraction of sp³-hybridized carbons (Fsp3) is 0.304. The zero-order valence-electron chi connectivity index (χ0n) is 17.3. The van der Waals surface area contributed by atoms with Crippen LogP contribution in [-0.4, -0.2) is 27.8 Å². The SMILES string of the molecule is CCCCn1c(SCC(=O)N(CCC#N)c2ccc(F)cc2)nc2ccccc2c1=O. The van der Waals surface area contributed by atoms with E-state index in [1.807, 2.05) is 25.1 Å². The van der Waals surface area contributed by atoms with Gasteiger partial charge in [-0.05, 0) is 42.8 Å². The molecule has 0 radical (unpaired) electrons. The second-order valence-electron chi connectivity index (χ2n) is 6.94. The van der Waals surface area contributed by atoms with Gasteiger partial charge in [0.15, 0.2) is 5.16 Å². The van der Waals surface area contributed by atoms with Crippen LogP contribution in [0, 0.1) is 17.1 Å². The molecule has 6 nitrogen and oxygen atoms in total. The third-order valence-electron chi connectivity index (χ3n) is 4.77. The Kier molecular flexibility index (Phi) is 7.79. The number of benzene rings is 2. The van der Waals surface area contributed by atoms with Gasteiger partial charge < -0.3 is 4.90 Å². The summed E-state index contributed by atoms with van der Waals surface area (Å²) >= 11 is 1.20. The van der Waals surface area contributed by atoms with E-state index >= 15 is 0 Å². The first-order valence-electron chi connectivity index (χ1n) is 10.1. The average Bonchev–Trinajstić information content (AvgIpc) is 2.78. The number of unbranched alkanes of at least 4 members (excludes halogenated alkanes) is 1. The van der Waals surface area contributed by atoms with Crippen LogP contribution in [0.4, 0.5) is 10.1 Å². The van der Waals surface area contributed by atoms with Gasteiger partial charge in [-0.25, -0.2) is 9.37 Å². The molecule has 0 N–H and O–H groups in total. The first-order chi connectivity index (χ1) is 15.0. The number of thioether (sulfide) groups is 1. The number of amides is 1. The molecule has 1 heterocycles. The van der Waals surface area contributed by atoms with Gasteiger partial charge in [0.1, 0.15) is 5.82 Å².